The highest BCUT2D eigenvalue weighted by Gasteiger charge is 2.28. The minimum absolute atomic E-state index is 0.0634. The van der Waals surface area contributed by atoms with E-state index in [0.29, 0.717) is 0 Å². The largest absolute Gasteiger partial charge is 0.398 e. The number of anilines is 1. The molecule has 7 nitrogen and oxygen atoms in total. The van der Waals surface area contributed by atoms with Gasteiger partial charge < -0.3 is 10.7 Å². The molecule has 0 radical (unpaired) electrons. The summed E-state index contributed by atoms with van der Waals surface area (Å²) >= 11 is 5.90. The Labute approximate surface area is 149 Å². The molecule has 0 aliphatic rings. The van der Waals surface area contributed by atoms with E-state index < -0.39 is 24.9 Å². The van der Waals surface area contributed by atoms with Gasteiger partial charge in [0.1, 0.15) is 4.90 Å². The SMILES string of the molecule is Cc1[nH]c2cccc(S(=O)(=O)c3ccc(N)c(Cl)c3)c2c1S(=O)(=O)O. The Hall–Kier alpha value is -2.07. The number of hydrogen-bond donors (Lipinski definition) is 3. The summed E-state index contributed by atoms with van der Waals surface area (Å²) in [6.45, 7) is 1.43. The smallest absolute Gasteiger partial charge is 0.296 e. The number of aromatic nitrogens is 1. The quantitative estimate of drug-likeness (QED) is 0.457. The Morgan fingerprint density at radius 2 is 1.80 bits per heavy atom. The third kappa shape index (κ3) is 2.89. The van der Waals surface area contributed by atoms with Gasteiger partial charge in [-0.2, -0.15) is 8.42 Å². The molecule has 0 saturated carbocycles. The number of rotatable bonds is 3. The summed E-state index contributed by atoms with van der Waals surface area (Å²) in [5.74, 6) is 0. The van der Waals surface area contributed by atoms with Crippen molar-refractivity contribution in [1.82, 2.24) is 4.98 Å². The lowest BCUT2D eigenvalue weighted by atomic mass is 10.2. The molecule has 0 bridgehead atoms. The summed E-state index contributed by atoms with van der Waals surface area (Å²) in [7, 11) is -8.75. The van der Waals surface area contributed by atoms with Crippen molar-refractivity contribution in [3.63, 3.8) is 0 Å². The second-order valence-corrected chi connectivity index (χ2v) is 9.10. The van der Waals surface area contributed by atoms with Gasteiger partial charge in [-0.3, -0.25) is 4.55 Å². The van der Waals surface area contributed by atoms with Crippen LogP contribution in [-0.2, 0) is 20.0 Å². The first-order valence-corrected chi connectivity index (χ1v) is 10.2. The standard InChI is InChI=1S/C15H13ClN2O5S2/c1-8-15(25(21,22)23)14-12(18-8)3-2-4-13(14)24(19,20)9-5-6-11(17)10(16)7-9/h2-7,18H,17H2,1H3,(H,21,22,23). The highest BCUT2D eigenvalue weighted by molar-refractivity contribution is 7.92. The van der Waals surface area contributed by atoms with Gasteiger partial charge in [0.15, 0.2) is 0 Å². The van der Waals surface area contributed by atoms with Gasteiger partial charge in [-0.05, 0) is 37.3 Å². The number of sulfone groups is 1. The van der Waals surface area contributed by atoms with Crippen molar-refractivity contribution in [2.75, 3.05) is 5.73 Å². The maximum Gasteiger partial charge on any atom is 0.296 e. The van der Waals surface area contributed by atoms with Crippen molar-refractivity contribution < 1.29 is 21.4 Å². The molecule has 0 saturated heterocycles. The molecular weight excluding hydrogens is 388 g/mol. The van der Waals surface area contributed by atoms with Crippen LogP contribution in [0.1, 0.15) is 5.69 Å². The van der Waals surface area contributed by atoms with Crippen LogP contribution in [0.4, 0.5) is 5.69 Å². The van der Waals surface area contributed by atoms with E-state index in [0.717, 1.165) is 0 Å². The molecule has 0 aliphatic heterocycles. The van der Waals surface area contributed by atoms with Crippen molar-refractivity contribution in [3.05, 3.63) is 47.1 Å². The lowest BCUT2D eigenvalue weighted by Gasteiger charge is -2.09. The maximum absolute atomic E-state index is 13.0. The lowest BCUT2D eigenvalue weighted by Crippen LogP contribution is -2.06. The highest BCUT2D eigenvalue weighted by Crippen LogP contribution is 2.35. The average Bonchev–Trinajstić information content (AvgIpc) is 2.85. The zero-order valence-electron chi connectivity index (χ0n) is 12.8. The molecule has 4 N–H and O–H groups in total. The summed E-state index contributed by atoms with van der Waals surface area (Å²) in [5.41, 5.74) is 6.22. The first-order chi connectivity index (χ1) is 11.5. The van der Waals surface area contributed by atoms with Gasteiger partial charge in [0.2, 0.25) is 9.84 Å². The monoisotopic (exact) mass is 400 g/mol. The van der Waals surface area contributed by atoms with Gasteiger partial charge in [0.05, 0.1) is 20.5 Å². The van der Waals surface area contributed by atoms with Crippen LogP contribution in [0.2, 0.25) is 5.02 Å². The van der Waals surface area contributed by atoms with Gasteiger partial charge in [0, 0.05) is 16.6 Å². The Balaban J connectivity index is 2.41. The number of halogens is 1. The molecule has 2 aromatic carbocycles. The normalized spacial score (nSPS) is 12.6. The zero-order valence-corrected chi connectivity index (χ0v) is 15.2. The van der Waals surface area contributed by atoms with Crippen LogP contribution >= 0.6 is 11.6 Å². The van der Waals surface area contributed by atoms with E-state index in [1.807, 2.05) is 0 Å². The number of aryl methyl sites for hydroxylation is 1. The third-order valence-corrected chi connectivity index (χ3v) is 6.89. The van der Waals surface area contributed by atoms with Crippen LogP contribution < -0.4 is 5.73 Å². The highest BCUT2D eigenvalue weighted by atomic mass is 35.5. The predicted molar refractivity (Wildman–Crippen MR) is 94.2 cm³/mol. The minimum Gasteiger partial charge on any atom is -0.398 e. The topological polar surface area (TPSA) is 130 Å². The summed E-state index contributed by atoms with van der Waals surface area (Å²) < 4.78 is 59.0. The van der Waals surface area contributed by atoms with Crippen LogP contribution in [0.15, 0.2) is 51.1 Å². The van der Waals surface area contributed by atoms with E-state index in [9.17, 15) is 21.4 Å². The second kappa shape index (κ2) is 5.73. The van der Waals surface area contributed by atoms with Crippen molar-refractivity contribution in [2.45, 2.75) is 21.6 Å². The fourth-order valence-electron chi connectivity index (χ4n) is 2.66. The Morgan fingerprint density at radius 3 is 2.40 bits per heavy atom. The molecular formula is C15H13ClN2O5S2. The number of hydrogen-bond acceptors (Lipinski definition) is 5. The van der Waals surface area contributed by atoms with E-state index >= 15 is 0 Å². The Bertz CT molecular complexity index is 1210. The van der Waals surface area contributed by atoms with Crippen LogP contribution in [0.5, 0.6) is 0 Å². The van der Waals surface area contributed by atoms with E-state index in [1.54, 1.807) is 0 Å². The first-order valence-electron chi connectivity index (χ1n) is 6.92. The van der Waals surface area contributed by atoms with Gasteiger partial charge in [-0.25, -0.2) is 8.42 Å². The summed E-state index contributed by atoms with van der Waals surface area (Å²) in [5, 5.41) is -0.0380. The number of aromatic amines is 1. The molecule has 1 aromatic heterocycles. The average molecular weight is 401 g/mol. The molecule has 0 amide bonds. The zero-order chi connectivity index (χ0) is 18.6. The number of nitrogens with two attached hydrogens (primary N) is 1. The van der Waals surface area contributed by atoms with E-state index in [-0.39, 0.29) is 37.1 Å². The molecule has 3 aromatic rings. The van der Waals surface area contributed by atoms with Crippen molar-refractivity contribution >= 4 is 48.1 Å². The number of benzene rings is 2. The summed E-state index contributed by atoms with van der Waals surface area (Å²) in [6, 6.07) is 8.08. The number of fused-ring (bicyclic) bond motifs is 1. The maximum atomic E-state index is 13.0. The van der Waals surface area contributed by atoms with Gasteiger partial charge in [-0.1, -0.05) is 17.7 Å². The molecule has 10 heteroatoms. The lowest BCUT2D eigenvalue weighted by molar-refractivity contribution is 0.483. The van der Waals surface area contributed by atoms with Crippen LogP contribution in [0, 0.1) is 6.92 Å². The number of nitrogens with one attached hydrogen (secondary N) is 1. The predicted octanol–water partition coefficient (Wildman–Crippen LogP) is 2.79. The van der Waals surface area contributed by atoms with Crippen molar-refractivity contribution in [1.29, 1.82) is 0 Å². The molecule has 0 atom stereocenters. The molecule has 0 unspecified atom stereocenters. The van der Waals surface area contributed by atoms with E-state index in [4.69, 9.17) is 17.3 Å². The molecule has 0 spiro atoms. The number of H-pyrrole nitrogens is 1. The molecule has 0 fully saturated rings. The second-order valence-electron chi connectivity index (χ2n) is 5.42. The summed E-state index contributed by atoms with van der Waals surface area (Å²) in [4.78, 5) is 1.90. The van der Waals surface area contributed by atoms with Gasteiger partial charge in [0.25, 0.3) is 10.1 Å². The van der Waals surface area contributed by atoms with Gasteiger partial charge in [-0.15, -0.1) is 0 Å². The Morgan fingerprint density at radius 1 is 1.12 bits per heavy atom. The van der Waals surface area contributed by atoms with Crippen LogP contribution in [0.3, 0.4) is 0 Å². The van der Waals surface area contributed by atoms with Crippen molar-refractivity contribution in [2.24, 2.45) is 0 Å². The minimum atomic E-state index is -4.64. The fourth-order valence-corrected chi connectivity index (χ4v) is 5.40. The molecule has 1 heterocycles. The van der Waals surface area contributed by atoms with Crippen LogP contribution in [0.25, 0.3) is 10.9 Å². The fraction of sp³-hybridized carbons (Fsp3) is 0.0667. The molecule has 0 aliphatic carbocycles. The molecule has 3 rings (SSSR count). The first kappa shape index (κ1) is 17.7. The van der Waals surface area contributed by atoms with E-state index in [1.165, 1.54) is 43.3 Å². The third-order valence-electron chi connectivity index (χ3n) is 3.75. The molecule has 25 heavy (non-hydrogen) atoms. The van der Waals surface area contributed by atoms with Crippen LogP contribution in [-0.4, -0.2) is 26.4 Å². The number of nitrogen functional groups attached to an aromatic ring is 1. The molecule has 132 valence electrons. The van der Waals surface area contributed by atoms with Crippen molar-refractivity contribution in [3.8, 4) is 0 Å². The van der Waals surface area contributed by atoms with Gasteiger partial charge >= 0.3 is 0 Å². The summed E-state index contributed by atoms with van der Waals surface area (Å²) in [6.07, 6.45) is 0. The Kier molecular flexibility index (Phi) is 4.07. The van der Waals surface area contributed by atoms with E-state index in [2.05, 4.69) is 4.98 Å².